The SMILES string of the molecule is C=CC(C)(O)C12CC3CC(CC(C3)C1)C2. The molecule has 0 amide bonds. The van der Waals surface area contributed by atoms with Crippen molar-refractivity contribution in [1.82, 2.24) is 0 Å². The van der Waals surface area contributed by atoms with Gasteiger partial charge in [0, 0.05) is 5.41 Å². The van der Waals surface area contributed by atoms with Crippen molar-refractivity contribution >= 4 is 0 Å². The second-order valence-corrected chi connectivity index (χ2v) is 6.55. The molecule has 84 valence electrons. The molecule has 0 saturated heterocycles. The number of aliphatic hydroxyl groups is 1. The smallest absolute Gasteiger partial charge is 0.0853 e. The van der Waals surface area contributed by atoms with Crippen LogP contribution in [-0.2, 0) is 0 Å². The molecule has 4 aliphatic rings. The van der Waals surface area contributed by atoms with Gasteiger partial charge in [-0.1, -0.05) is 6.08 Å². The second kappa shape index (κ2) is 2.88. The van der Waals surface area contributed by atoms with Crippen LogP contribution in [0.1, 0.15) is 45.4 Å². The van der Waals surface area contributed by atoms with Crippen LogP contribution < -0.4 is 0 Å². The van der Waals surface area contributed by atoms with Crippen molar-refractivity contribution in [3.63, 3.8) is 0 Å². The quantitative estimate of drug-likeness (QED) is 0.688. The predicted molar refractivity (Wildman–Crippen MR) is 61.4 cm³/mol. The minimum absolute atomic E-state index is 0.184. The summed E-state index contributed by atoms with van der Waals surface area (Å²) in [5.41, 5.74) is -0.452. The summed E-state index contributed by atoms with van der Waals surface area (Å²) < 4.78 is 0. The van der Waals surface area contributed by atoms with Gasteiger partial charge in [-0.15, -0.1) is 6.58 Å². The Hall–Kier alpha value is -0.300. The summed E-state index contributed by atoms with van der Waals surface area (Å²) in [6.45, 7) is 5.82. The van der Waals surface area contributed by atoms with Crippen LogP contribution in [0.25, 0.3) is 0 Å². The van der Waals surface area contributed by atoms with E-state index in [1.165, 1.54) is 38.5 Å². The van der Waals surface area contributed by atoms with Crippen LogP contribution in [0.15, 0.2) is 12.7 Å². The molecule has 4 fully saturated rings. The number of rotatable bonds is 2. The fourth-order valence-electron chi connectivity index (χ4n) is 4.95. The molecular formula is C14H22O. The van der Waals surface area contributed by atoms with E-state index < -0.39 is 5.60 Å². The summed E-state index contributed by atoms with van der Waals surface area (Å²) in [5.74, 6) is 2.72. The van der Waals surface area contributed by atoms with Crippen molar-refractivity contribution in [2.75, 3.05) is 0 Å². The Kier molecular flexibility index (Phi) is 1.90. The van der Waals surface area contributed by atoms with E-state index in [1.54, 1.807) is 6.08 Å². The van der Waals surface area contributed by atoms with Gasteiger partial charge in [0.15, 0.2) is 0 Å². The molecule has 0 heterocycles. The van der Waals surface area contributed by atoms with Crippen LogP contribution >= 0.6 is 0 Å². The number of hydrogen-bond acceptors (Lipinski definition) is 1. The highest BCUT2D eigenvalue weighted by Crippen LogP contribution is 2.63. The van der Waals surface area contributed by atoms with Gasteiger partial charge in [0.25, 0.3) is 0 Å². The van der Waals surface area contributed by atoms with Gasteiger partial charge in [-0.2, -0.15) is 0 Å². The molecule has 15 heavy (non-hydrogen) atoms. The average molecular weight is 206 g/mol. The highest BCUT2D eigenvalue weighted by Gasteiger charge is 2.57. The molecule has 4 aliphatic carbocycles. The fourth-order valence-corrected chi connectivity index (χ4v) is 4.95. The van der Waals surface area contributed by atoms with Crippen LogP contribution in [0.4, 0.5) is 0 Å². The van der Waals surface area contributed by atoms with Crippen molar-refractivity contribution in [3.8, 4) is 0 Å². The molecule has 0 spiro atoms. The molecule has 1 nitrogen and oxygen atoms in total. The lowest BCUT2D eigenvalue weighted by Crippen LogP contribution is -2.56. The largest absolute Gasteiger partial charge is 0.386 e. The Labute approximate surface area is 92.6 Å². The maximum absolute atomic E-state index is 10.6. The van der Waals surface area contributed by atoms with Crippen LogP contribution in [0.3, 0.4) is 0 Å². The van der Waals surface area contributed by atoms with Gasteiger partial charge in [-0.3, -0.25) is 0 Å². The third-order valence-corrected chi connectivity index (χ3v) is 5.51. The maximum Gasteiger partial charge on any atom is 0.0853 e. The Morgan fingerprint density at radius 2 is 1.53 bits per heavy atom. The van der Waals surface area contributed by atoms with Gasteiger partial charge in [0.1, 0.15) is 0 Å². The first-order valence-corrected chi connectivity index (χ1v) is 6.41. The molecule has 4 rings (SSSR count). The van der Waals surface area contributed by atoms with Gasteiger partial charge in [0.05, 0.1) is 5.60 Å². The third kappa shape index (κ3) is 1.25. The lowest BCUT2D eigenvalue weighted by atomic mass is 9.45. The minimum Gasteiger partial charge on any atom is -0.386 e. The first kappa shape index (κ1) is 9.89. The predicted octanol–water partition coefficient (Wildman–Crippen LogP) is 3.14. The maximum atomic E-state index is 10.6. The molecule has 0 aromatic rings. The Morgan fingerprint density at radius 3 is 1.87 bits per heavy atom. The zero-order valence-corrected chi connectivity index (χ0v) is 9.71. The second-order valence-electron chi connectivity index (χ2n) is 6.55. The fraction of sp³-hybridized carbons (Fsp3) is 0.857. The zero-order valence-electron chi connectivity index (χ0n) is 9.71. The van der Waals surface area contributed by atoms with Crippen molar-refractivity contribution in [2.24, 2.45) is 23.2 Å². The van der Waals surface area contributed by atoms with Crippen molar-refractivity contribution < 1.29 is 5.11 Å². The van der Waals surface area contributed by atoms with E-state index in [0.29, 0.717) is 0 Å². The summed E-state index contributed by atoms with van der Waals surface area (Å²) in [6, 6.07) is 0. The highest BCUT2D eigenvalue weighted by atomic mass is 16.3. The summed E-state index contributed by atoms with van der Waals surface area (Å²) in [4.78, 5) is 0. The van der Waals surface area contributed by atoms with Crippen LogP contribution in [0, 0.1) is 23.2 Å². The molecule has 1 heteroatoms. The Bertz CT molecular complexity index is 254. The Balaban J connectivity index is 1.96. The van der Waals surface area contributed by atoms with E-state index in [0.717, 1.165) is 17.8 Å². The van der Waals surface area contributed by atoms with E-state index in [4.69, 9.17) is 0 Å². The molecule has 1 unspecified atom stereocenters. The van der Waals surface area contributed by atoms with Crippen LogP contribution in [-0.4, -0.2) is 10.7 Å². The summed E-state index contributed by atoms with van der Waals surface area (Å²) in [7, 11) is 0. The topological polar surface area (TPSA) is 20.2 Å². The Morgan fingerprint density at radius 1 is 1.13 bits per heavy atom. The molecule has 0 aromatic carbocycles. The lowest BCUT2D eigenvalue weighted by molar-refractivity contribution is -0.148. The van der Waals surface area contributed by atoms with Crippen molar-refractivity contribution in [2.45, 2.75) is 51.0 Å². The molecule has 4 bridgehead atoms. The summed E-state index contributed by atoms with van der Waals surface area (Å²) >= 11 is 0. The monoisotopic (exact) mass is 206 g/mol. The van der Waals surface area contributed by atoms with Crippen LogP contribution in [0.2, 0.25) is 0 Å². The molecule has 0 aromatic heterocycles. The first-order chi connectivity index (χ1) is 7.05. The number of hydrogen-bond donors (Lipinski definition) is 1. The molecule has 0 aliphatic heterocycles. The molecule has 4 saturated carbocycles. The summed E-state index contributed by atoms with van der Waals surface area (Å²) in [6.07, 6.45) is 9.85. The first-order valence-electron chi connectivity index (χ1n) is 6.41. The average Bonchev–Trinajstić information content (AvgIpc) is 2.15. The molecule has 1 N–H and O–H groups in total. The van der Waals surface area contributed by atoms with E-state index >= 15 is 0 Å². The third-order valence-electron chi connectivity index (χ3n) is 5.51. The molecular weight excluding hydrogens is 184 g/mol. The molecule has 1 atom stereocenters. The van der Waals surface area contributed by atoms with Gasteiger partial charge in [0.2, 0.25) is 0 Å². The van der Waals surface area contributed by atoms with Gasteiger partial charge < -0.3 is 5.11 Å². The minimum atomic E-state index is -0.636. The zero-order chi connectivity index (χ0) is 10.7. The van der Waals surface area contributed by atoms with Crippen LogP contribution in [0.5, 0.6) is 0 Å². The normalized spacial score (nSPS) is 51.5. The van der Waals surface area contributed by atoms with Gasteiger partial charge >= 0.3 is 0 Å². The highest BCUT2D eigenvalue weighted by molar-refractivity contribution is 5.13. The lowest BCUT2D eigenvalue weighted by Gasteiger charge is -2.61. The van der Waals surface area contributed by atoms with E-state index in [2.05, 4.69) is 6.58 Å². The van der Waals surface area contributed by atoms with E-state index in [9.17, 15) is 5.11 Å². The molecule has 0 radical (unpaired) electrons. The van der Waals surface area contributed by atoms with Crippen molar-refractivity contribution in [1.29, 1.82) is 0 Å². The van der Waals surface area contributed by atoms with Crippen molar-refractivity contribution in [3.05, 3.63) is 12.7 Å². The summed E-state index contributed by atoms with van der Waals surface area (Å²) in [5, 5.41) is 10.6. The van der Waals surface area contributed by atoms with Gasteiger partial charge in [-0.05, 0) is 63.2 Å². The standard InChI is InChI=1S/C14H22O/c1-3-13(2,15)14-7-10-4-11(8-14)6-12(5-10)9-14/h3,10-12,15H,1,4-9H2,2H3. The van der Waals surface area contributed by atoms with E-state index in [1.807, 2.05) is 6.92 Å². The van der Waals surface area contributed by atoms with E-state index in [-0.39, 0.29) is 5.41 Å². The van der Waals surface area contributed by atoms with Gasteiger partial charge in [-0.25, -0.2) is 0 Å².